The molecule has 1 N–H and O–H groups in total. The summed E-state index contributed by atoms with van der Waals surface area (Å²) in [5, 5.41) is 2.94. The van der Waals surface area contributed by atoms with Gasteiger partial charge in [-0.05, 0) is 13.3 Å². The molecule has 0 spiro atoms. The highest BCUT2D eigenvalue weighted by Gasteiger charge is 2.32. The Hall–Kier alpha value is -1.69. The van der Waals surface area contributed by atoms with Gasteiger partial charge in [0.15, 0.2) is 0 Å². The lowest BCUT2D eigenvalue weighted by Gasteiger charge is -2.31. The van der Waals surface area contributed by atoms with E-state index in [4.69, 9.17) is 0 Å². The van der Waals surface area contributed by atoms with Crippen molar-refractivity contribution >= 4 is 11.8 Å². The molecule has 1 atom stereocenters. The van der Waals surface area contributed by atoms with Crippen LogP contribution in [0.15, 0.2) is 12.4 Å². The van der Waals surface area contributed by atoms with E-state index in [-0.39, 0.29) is 24.4 Å². The van der Waals surface area contributed by atoms with Crippen molar-refractivity contribution in [1.29, 1.82) is 0 Å². The molecule has 2 heterocycles. The average Bonchev–Trinajstić information content (AvgIpc) is 2.75. The Morgan fingerprint density at radius 3 is 2.83 bits per heavy atom. The third-order valence-electron chi connectivity index (χ3n) is 3.26. The largest absolute Gasteiger partial charge is 0.333 e. The Kier molecular flexibility index (Phi) is 3.76. The molecule has 1 fully saturated rings. The minimum Gasteiger partial charge on any atom is -0.333 e. The van der Waals surface area contributed by atoms with Gasteiger partial charge in [0.05, 0.1) is 12.6 Å². The van der Waals surface area contributed by atoms with Crippen LogP contribution in [0, 0.1) is 6.92 Å². The molecule has 1 unspecified atom stereocenters. The summed E-state index contributed by atoms with van der Waals surface area (Å²) in [6.07, 6.45) is 4.27. The van der Waals surface area contributed by atoms with Crippen molar-refractivity contribution in [3.05, 3.63) is 18.2 Å². The van der Waals surface area contributed by atoms with Crippen molar-refractivity contribution < 1.29 is 9.59 Å². The summed E-state index contributed by atoms with van der Waals surface area (Å²) in [5.74, 6) is 0.617. The van der Waals surface area contributed by atoms with Crippen molar-refractivity contribution in [3.8, 4) is 0 Å². The number of hydrogen-bond acceptors (Lipinski definition) is 4. The van der Waals surface area contributed by atoms with Crippen LogP contribution in [0.3, 0.4) is 0 Å². The molecule has 1 aromatic heterocycles. The van der Waals surface area contributed by atoms with Gasteiger partial charge in [-0.25, -0.2) is 4.98 Å². The molecule has 0 aromatic carbocycles. The number of carbonyl (C=O) groups is 2. The summed E-state index contributed by atoms with van der Waals surface area (Å²) < 4.78 is 1.93. The lowest BCUT2D eigenvalue weighted by atomic mass is 10.1. The number of nitrogens with one attached hydrogen (secondary N) is 1. The van der Waals surface area contributed by atoms with E-state index in [1.807, 2.05) is 24.6 Å². The van der Waals surface area contributed by atoms with Gasteiger partial charge in [0, 0.05) is 25.5 Å². The summed E-state index contributed by atoms with van der Waals surface area (Å²) in [4.78, 5) is 29.2. The van der Waals surface area contributed by atoms with E-state index in [1.165, 1.54) is 4.90 Å². The maximum absolute atomic E-state index is 12.0. The van der Waals surface area contributed by atoms with Gasteiger partial charge in [0.1, 0.15) is 5.82 Å². The topological polar surface area (TPSA) is 67.2 Å². The number of imide groups is 1. The van der Waals surface area contributed by atoms with E-state index in [0.29, 0.717) is 19.5 Å². The zero-order valence-corrected chi connectivity index (χ0v) is 10.7. The standard InChI is InChI=1S/C12H18N4O2/c1-3-10-12(18)16(11(17)8-14-10)7-6-15-5-4-13-9(15)2/h4-5,10,14H,3,6-8H2,1-2H3. The highest BCUT2D eigenvalue weighted by molar-refractivity contribution is 6.01. The molecule has 6 heteroatoms. The van der Waals surface area contributed by atoms with Crippen LogP contribution < -0.4 is 5.32 Å². The first-order valence-electron chi connectivity index (χ1n) is 6.18. The quantitative estimate of drug-likeness (QED) is 0.760. The first kappa shape index (κ1) is 12.8. The van der Waals surface area contributed by atoms with Gasteiger partial charge in [-0.3, -0.25) is 19.8 Å². The molecular weight excluding hydrogens is 232 g/mol. The Balaban J connectivity index is 2.00. The highest BCUT2D eigenvalue weighted by Crippen LogP contribution is 2.07. The zero-order chi connectivity index (χ0) is 13.1. The minimum absolute atomic E-state index is 0.119. The molecule has 2 rings (SSSR count). The number of carbonyl (C=O) groups excluding carboxylic acids is 2. The predicted molar refractivity (Wildman–Crippen MR) is 65.8 cm³/mol. The molecule has 0 aliphatic carbocycles. The number of rotatable bonds is 4. The van der Waals surface area contributed by atoms with Crippen LogP contribution in [0.4, 0.5) is 0 Å². The van der Waals surface area contributed by atoms with Crippen molar-refractivity contribution in [2.75, 3.05) is 13.1 Å². The van der Waals surface area contributed by atoms with Crippen molar-refractivity contribution in [1.82, 2.24) is 19.8 Å². The maximum Gasteiger partial charge on any atom is 0.246 e. The predicted octanol–water partition coefficient (Wildman–Crippen LogP) is -0.0715. The summed E-state index contributed by atoms with van der Waals surface area (Å²) in [6.45, 7) is 5.08. The summed E-state index contributed by atoms with van der Waals surface area (Å²) >= 11 is 0. The number of aryl methyl sites for hydroxylation is 1. The van der Waals surface area contributed by atoms with Gasteiger partial charge in [0.25, 0.3) is 0 Å². The normalized spacial score (nSPS) is 20.6. The molecule has 1 aliphatic heterocycles. The third-order valence-corrected chi connectivity index (χ3v) is 3.26. The highest BCUT2D eigenvalue weighted by atomic mass is 16.2. The first-order chi connectivity index (χ1) is 8.63. The molecular formula is C12H18N4O2. The number of nitrogens with zero attached hydrogens (tertiary/aromatic N) is 3. The molecule has 98 valence electrons. The Morgan fingerprint density at radius 1 is 1.44 bits per heavy atom. The maximum atomic E-state index is 12.0. The Bertz CT molecular complexity index is 455. The minimum atomic E-state index is -0.230. The van der Waals surface area contributed by atoms with E-state index in [1.54, 1.807) is 6.20 Å². The van der Waals surface area contributed by atoms with Gasteiger partial charge >= 0.3 is 0 Å². The molecule has 0 bridgehead atoms. The monoisotopic (exact) mass is 250 g/mol. The lowest BCUT2D eigenvalue weighted by Crippen LogP contribution is -2.58. The molecule has 6 nitrogen and oxygen atoms in total. The van der Waals surface area contributed by atoms with Crippen LogP contribution in [-0.4, -0.2) is 45.4 Å². The van der Waals surface area contributed by atoms with Gasteiger partial charge in [0.2, 0.25) is 11.8 Å². The van der Waals surface area contributed by atoms with Crippen molar-refractivity contribution in [2.45, 2.75) is 32.9 Å². The lowest BCUT2D eigenvalue weighted by molar-refractivity contribution is -0.149. The summed E-state index contributed by atoms with van der Waals surface area (Å²) in [7, 11) is 0. The van der Waals surface area contributed by atoms with Crippen LogP contribution in [-0.2, 0) is 16.1 Å². The SMILES string of the molecule is CCC1NCC(=O)N(CCn2ccnc2C)C1=O. The van der Waals surface area contributed by atoms with Gasteiger partial charge in [-0.15, -0.1) is 0 Å². The van der Waals surface area contributed by atoms with Crippen LogP contribution in [0.5, 0.6) is 0 Å². The third kappa shape index (κ3) is 2.43. The van der Waals surface area contributed by atoms with Crippen molar-refractivity contribution in [2.24, 2.45) is 0 Å². The molecule has 18 heavy (non-hydrogen) atoms. The number of hydrogen-bond donors (Lipinski definition) is 1. The fourth-order valence-electron chi connectivity index (χ4n) is 2.11. The fraction of sp³-hybridized carbons (Fsp3) is 0.583. The first-order valence-corrected chi connectivity index (χ1v) is 6.18. The number of amides is 2. The van der Waals surface area contributed by atoms with Crippen LogP contribution >= 0.6 is 0 Å². The summed E-state index contributed by atoms with van der Waals surface area (Å²) in [5.41, 5.74) is 0. The van der Waals surface area contributed by atoms with E-state index in [0.717, 1.165) is 5.82 Å². The zero-order valence-electron chi connectivity index (χ0n) is 10.7. The molecule has 2 amide bonds. The molecule has 1 saturated heterocycles. The Labute approximate surface area is 106 Å². The molecule has 1 aromatic rings. The smallest absolute Gasteiger partial charge is 0.246 e. The number of piperazine rings is 1. The number of imidazole rings is 1. The average molecular weight is 250 g/mol. The summed E-state index contributed by atoms with van der Waals surface area (Å²) in [6, 6.07) is -0.230. The number of aromatic nitrogens is 2. The second kappa shape index (κ2) is 5.30. The van der Waals surface area contributed by atoms with E-state index in [9.17, 15) is 9.59 Å². The Morgan fingerprint density at radius 2 is 2.22 bits per heavy atom. The van der Waals surface area contributed by atoms with Gasteiger partial charge in [-0.1, -0.05) is 6.92 Å². The second-order valence-electron chi connectivity index (χ2n) is 4.39. The molecule has 0 saturated carbocycles. The second-order valence-corrected chi connectivity index (χ2v) is 4.39. The van der Waals surface area contributed by atoms with Crippen LogP contribution in [0.1, 0.15) is 19.2 Å². The van der Waals surface area contributed by atoms with E-state index < -0.39 is 0 Å². The van der Waals surface area contributed by atoms with Crippen LogP contribution in [0.2, 0.25) is 0 Å². The van der Waals surface area contributed by atoms with Gasteiger partial charge in [-0.2, -0.15) is 0 Å². The van der Waals surface area contributed by atoms with E-state index >= 15 is 0 Å². The van der Waals surface area contributed by atoms with Crippen molar-refractivity contribution in [3.63, 3.8) is 0 Å². The fourth-order valence-corrected chi connectivity index (χ4v) is 2.11. The molecule has 1 aliphatic rings. The molecule has 0 radical (unpaired) electrons. The van der Waals surface area contributed by atoms with Crippen LogP contribution in [0.25, 0.3) is 0 Å². The van der Waals surface area contributed by atoms with E-state index in [2.05, 4.69) is 10.3 Å². The van der Waals surface area contributed by atoms with Gasteiger partial charge < -0.3 is 4.57 Å².